The predicted octanol–water partition coefficient (Wildman–Crippen LogP) is 2.75. The van der Waals surface area contributed by atoms with Gasteiger partial charge in [-0.05, 0) is 23.8 Å². The van der Waals surface area contributed by atoms with Gasteiger partial charge in [-0.2, -0.15) is 0 Å². The smallest absolute Gasteiger partial charge is 0.265 e. The fourth-order valence-corrected chi connectivity index (χ4v) is 2.41. The minimum atomic E-state index is -0.0757. The Morgan fingerprint density at radius 2 is 2.44 bits per heavy atom. The largest absolute Gasteiger partial charge is 0.495 e. The summed E-state index contributed by atoms with van der Waals surface area (Å²) in [5.41, 5.74) is 0. The molecule has 1 rings (SSSR count). The fraction of sp³-hybridized carbons (Fsp3) is 0.545. The van der Waals surface area contributed by atoms with Crippen LogP contribution >= 0.6 is 22.9 Å². The van der Waals surface area contributed by atoms with Crippen molar-refractivity contribution in [2.75, 3.05) is 19.5 Å². The van der Waals surface area contributed by atoms with E-state index >= 15 is 0 Å². The van der Waals surface area contributed by atoms with E-state index in [9.17, 15) is 4.79 Å². The van der Waals surface area contributed by atoms with Gasteiger partial charge in [0.15, 0.2) is 0 Å². The van der Waals surface area contributed by atoms with E-state index in [1.165, 1.54) is 11.3 Å². The number of carbonyl (C=O) groups is 1. The van der Waals surface area contributed by atoms with E-state index in [-0.39, 0.29) is 5.91 Å². The Morgan fingerprint density at radius 3 is 3.06 bits per heavy atom. The lowest BCUT2D eigenvalue weighted by Gasteiger charge is -2.10. The van der Waals surface area contributed by atoms with Gasteiger partial charge in [-0.3, -0.25) is 4.79 Å². The predicted molar refractivity (Wildman–Crippen MR) is 67.7 cm³/mol. The van der Waals surface area contributed by atoms with Crippen molar-refractivity contribution in [3.63, 3.8) is 0 Å². The molecule has 1 N–H and O–H groups in total. The quantitative estimate of drug-likeness (QED) is 0.800. The summed E-state index contributed by atoms with van der Waals surface area (Å²) >= 11 is 7.01. The van der Waals surface area contributed by atoms with Gasteiger partial charge >= 0.3 is 0 Å². The highest BCUT2D eigenvalue weighted by molar-refractivity contribution is 7.12. The molecule has 0 saturated heterocycles. The molecule has 1 aromatic rings. The molecule has 0 aliphatic carbocycles. The van der Waals surface area contributed by atoms with E-state index in [1.54, 1.807) is 13.2 Å². The van der Waals surface area contributed by atoms with Crippen molar-refractivity contribution in [3.8, 4) is 5.75 Å². The van der Waals surface area contributed by atoms with Gasteiger partial charge in [0.05, 0.1) is 7.11 Å². The van der Waals surface area contributed by atoms with Gasteiger partial charge in [0.1, 0.15) is 10.6 Å². The van der Waals surface area contributed by atoms with Gasteiger partial charge in [-0.25, -0.2) is 0 Å². The van der Waals surface area contributed by atoms with Crippen LogP contribution in [0.4, 0.5) is 0 Å². The zero-order valence-corrected chi connectivity index (χ0v) is 11.0. The summed E-state index contributed by atoms with van der Waals surface area (Å²) in [4.78, 5) is 12.4. The molecule has 16 heavy (non-hydrogen) atoms. The second-order valence-electron chi connectivity index (χ2n) is 3.61. The molecule has 1 atom stereocenters. The van der Waals surface area contributed by atoms with Gasteiger partial charge in [-0.1, -0.05) is 6.92 Å². The van der Waals surface area contributed by atoms with Crippen LogP contribution in [0.3, 0.4) is 0 Å². The zero-order valence-electron chi connectivity index (χ0n) is 9.46. The lowest BCUT2D eigenvalue weighted by molar-refractivity contribution is 0.0949. The highest BCUT2D eigenvalue weighted by atomic mass is 35.5. The molecule has 1 aromatic heterocycles. The summed E-state index contributed by atoms with van der Waals surface area (Å²) in [7, 11) is 1.56. The first kappa shape index (κ1) is 13.3. The Kier molecular flexibility index (Phi) is 5.63. The molecule has 90 valence electrons. The average molecular weight is 262 g/mol. The van der Waals surface area contributed by atoms with E-state index in [0.717, 1.165) is 6.42 Å². The number of alkyl halides is 1. The Labute approximate surface area is 105 Å². The van der Waals surface area contributed by atoms with Crippen molar-refractivity contribution >= 4 is 28.8 Å². The Bertz CT molecular complexity index is 340. The Balaban J connectivity index is 2.46. The van der Waals surface area contributed by atoms with E-state index < -0.39 is 0 Å². The summed E-state index contributed by atoms with van der Waals surface area (Å²) in [6.45, 7) is 2.71. The number of carbonyl (C=O) groups excluding carboxylic acids is 1. The molecule has 1 unspecified atom stereocenters. The minimum absolute atomic E-state index is 0.0757. The summed E-state index contributed by atoms with van der Waals surface area (Å²) in [6.07, 6.45) is 0.906. The number of methoxy groups -OCH3 is 1. The number of ether oxygens (including phenoxy) is 1. The summed E-state index contributed by atoms with van der Waals surface area (Å²) in [6, 6.07) is 1.79. The summed E-state index contributed by atoms with van der Waals surface area (Å²) in [5.74, 6) is 1.58. The monoisotopic (exact) mass is 261 g/mol. The first-order valence-electron chi connectivity index (χ1n) is 5.14. The number of hydrogen-bond acceptors (Lipinski definition) is 3. The molecule has 0 spiro atoms. The van der Waals surface area contributed by atoms with Crippen LogP contribution in [0.25, 0.3) is 0 Å². The molecule has 0 fully saturated rings. The lowest BCUT2D eigenvalue weighted by Crippen LogP contribution is -2.28. The molecule has 0 bridgehead atoms. The molecule has 0 aliphatic heterocycles. The van der Waals surface area contributed by atoms with E-state index in [2.05, 4.69) is 12.2 Å². The van der Waals surface area contributed by atoms with E-state index in [0.29, 0.717) is 29.0 Å². The highest BCUT2D eigenvalue weighted by Gasteiger charge is 2.14. The SMILES string of the molecule is COc1ccsc1C(=O)NCC(C)CCCl. The molecule has 0 radical (unpaired) electrons. The third-order valence-electron chi connectivity index (χ3n) is 2.27. The normalized spacial score (nSPS) is 12.2. The molecule has 0 aliphatic rings. The second kappa shape index (κ2) is 6.76. The Morgan fingerprint density at radius 1 is 1.69 bits per heavy atom. The number of rotatable bonds is 6. The van der Waals surface area contributed by atoms with Crippen LogP contribution < -0.4 is 10.1 Å². The highest BCUT2D eigenvalue weighted by Crippen LogP contribution is 2.24. The minimum Gasteiger partial charge on any atom is -0.495 e. The maximum atomic E-state index is 11.8. The van der Waals surface area contributed by atoms with Crippen LogP contribution in [0.2, 0.25) is 0 Å². The second-order valence-corrected chi connectivity index (χ2v) is 4.91. The van der Waals surface area contributed by atoms with Gasteiger partial charge in [0.25, 0.3) is 5.91 Å². The number of nitrogens with one attached hydrogen (secondary N) is 1. The molecular weight excluding hydrogens is 246 g/mol. The van der Waals surface area contributed by atoms with Crippen molar-refractivity contribution in [2.45, 2.75) is 13.3 Å². The van der Waals surface area contributed by atoms with Crippen LogP contribution in [-0.2, 0) is 0 Å². The molecule has 1 amide bonds. The van der Waals surface area contributed by atoms with Crippen LogP contribution in [0, 0.1) is 5.92 Å². The topological polar surface area (TPSA) is 38.3 Å². The third-order valence-corrected chi connectivity index (χ3v) is 3.38. The van der Waals surface area contributed by atoms with Crippen molar-refractivity contribution in [2.24, 2.45) is 5.92 Å². The van der Waals surface area contributed by atoms with Gasteiger partial charge < -0.3 is 10.1 Å². The number of hydrogen-bond donors (Lipinski definition) is 1. The van der Waals surface area contributed by atoms with Crippen molar-refractivity contribution in [3.05, 3.63) is 16.3 Å². The lowest BCUT2D eigenvalue weighted by atomic mass is 10.1. The molecule has 0 aromatic carbocycles. The standard InChI is InChI=1S/C11H16ClNO2S/c1-8(3-5-12)7-13-11(14)10-9(15-2)4-6-16-10/h4,6,8H,3,5,7H2,1-2H3,(H,13,14). The maximum absolute atomic E-state index is 11.8. The molecule has 0 saturated carbocycles. The van der Waals surface area contributed by atoms with Crippen LogP contribution in [-0.4, -0.2) is 25.4 Å². The molecule has 1 heterocycles. The fourth-order valence-electron chi connectivity index (χ4n) is 1.26. The van der Waals surface area contributed by atoms with Gasteiger partial charge in [0, 0.05) is 12.4 Å². The van der Waals surface area contributed by atoms with E-state index in [1.807, 2.05) is 5.38 Å². The number of thiophene rings is 1. The maximum Gasteiger partial charge on any atom is 0.265 e. The Hall–Kier alpha value is -0.740. The number of halogens is 1. The third kappa shape index (κ3) is 3.68. The van der Waals surface area contributed by atoms with Crippen molar-refractivity contribution in [1.82, 2.24) is 5.32 Å². The van der Waals surface area contributed by atoms with Crippen LogP contribution in [0.5, 0.6) is 5.75 Å². The molecule has 3 nitrogen and oxygen atoms in total. The van der Waals surface area contributed by atoms with Crippen molar-refractivity contribution in [1.29, 1.82) is 0 Å². The molecule has 5 heteroatoms. The average Bonchev–Trinajstić information content (AvgIpc) is 2.74. The van der Waals surface area contributed by atoms with Crippen LogP contribution in [0.1, 0.15) is 23.0 Å². The summed E-state index contributed by atoms with van der Waals surface area (Å²) in [5, 5.41) is 4.72. The number of amides is 1. The first-order chi connectivity index (χ1) is 7.69. The van der Waals surface area contributed by atoms with E-state index in [4.69, 9.17) is 16.3 Å². The summed E-state index contributed by atoms with van der Waals surface area (Å²) < 4.78 is 5.09. The van der Waals surface area contributed by atoms with Crippen LogP contribution in [0.15, 0.2) is 11.4 Å². The van der Waals surface area contributed by atoms with Crippen molar-refractivity contribution < 1.29 is 9.53 Å². The molecular formula is C11H16ClNO2S. The van der Waals surface area contributed by atoms with Gasteiger partial charge in [0.2, 0.25) is 0 Å². The zero-order chi connectivity index (χ0) is 12.0. The first-order valence-corrected chi connectivity index (χ1v) is 6.56. The van der Waals surface area contributed by atoms with Gasteiger partial charge in [-0.15, -0.1) is 22.9 Å².